The number of rotatable bonds is 8. The third-order valence-corrected chi connectivity index (χ3v) is 4.21. The molecule has 7 heteroatoms. The van der Waals surface area contributed by atoms with Crippen molar-refractivity contribution in [2.24, 2.45) is 0 Å². The Labute approximate surface area is 163 Å². The fourth-order valence-corrected chi connectivity index (χ4v) is 2.68. The normalized spacial score (nSPS) is 11.6. The summed E-state index contributed by atoms with van der Waals surface area (Å²) in [6.07, 6.45) is 0. The summed E-state index contributed by atoms with van der Waals surface area (Å²) in [6.45, 7) is 3.49. The van der Waals surface area contributed by atoms with Crippen LogP contribution in [0.4, 0.5) is 4.39 Å². The maximum atomic E-state index is 14.0. The molecule has 0 heterocycles. The second-order valence-corrected chi connectivity index (χ2v) is 6.37. The number of carbonyl (C=O) groups excluding carboxylic acids is 2. The standard InChI is InChI=1S/C20H22ClFN2O3/c1-3-23-20(26)14(2)24(12-15-7-4-5-10-18(15)22)19(25)13-27-17-9-6-8-16(21)11-17/h4-11,14H,3,12-13H2,1-2H3,(H,23,26)/t14-/m1/s1. The quantitative estimate of drug-likeness (QED) is 0.749. The second-order valence-electron chi connectivity index (χ2n) is 5.93. The first-order valence-corrected chi connectivity index (χ1v) is 8.99. The Balaban J connectivity index is 2.15. The molecular weight excluding hydrogens is 371 g/mol. The van der Waals surface area contributed by atoms with Crippen LogP contribution in [0, 0.1) is 5.82 Å². The van der Waals surface area contributed by atoms with E-state index in [4.69, 9.17) is 16.3 Å². The number of likely N-dealkylation sites (N-methyl/N-ethyl adjacent to an activating group) is 1. The van der Waals surface area contributed by atoms with Gasteiger partial charge in [0.05, 0.1) is 0 Å². The predicted molar refractivity (Wildman–Crippen MR) is 102 cm³/mol. The maximum absolute atomic E-state index is 14.0. The molecule has 0 spiro atoms. The highest BCUT2D eigenvalue weighted by molar-refractivity contribution is 6.30. The molecule has 0 radical (unpaired) electrons. The molecule has 0 bridgehead atoms. The van der Waals surface area contributed by atoms with Crippen molar-refractivity contribution >= 4 is 23.4 Å². The summed E-state index contributed by atoms with van der Waals surface area (Å²) in [4.78, 5) is 26.3. The van der Waals surface area contributed by atoms with Crippen LogP contribution in [0.25, 0.3) is 0 Å². The van der Waals surface area contributed by atoms with E-state index in [-0.39, 0.29) is 19.1 Å². The van der Waals surface area contributed by atoms with Crippen LogP contribution in [-0.4, -0.2) is 35.9 Å². The highest BCUT2D eigenvalue weighted by Crippen LogP contribution is 2.18. The van der Waals surface area contributed by atoms with Crippen molar-refractivity contribution in [3.8, 4) is 5.75 Å². The van der Waals surface area contributed by atoms with Gasteiger partial charge >= 0.3 is 0 Å². The zero-order chi connectivity index (χ0) is 19.8. The molecule has 0 aliphatic carbocycles. The Morgan fingerprint density at radius 1 is 1.22 bits per heavy atom. The predicted octanol–water partition coefficient (Wildman–Crippen LogP) is 3.41. The molecule has 2 rings (SSSR count). The van der Waals surface area contributed by atoms with Crippen molar-refractivity contribution in [1.82, 2.24) is 10.2 Å². The van der Waals surface area contributed by atoms with E-state index >= 15 is 0 Å². The number of hydrogen-bond donors (Lipinski definition) is 1. The molecule has 0 fully saturated rings. The average Bonchev–Trinajstić information content (AvgIpc) is 2.65. The van der Waals surface area contributed by atoms with Crippen molar-refractivity contribution in [2.75, 3.05) is 13.2 Å². The van der Waals surface area contributed by atoms with Gasteiger partial charge in [-0.2, -0.15) is 0 Å². The Morgan fingerprint density at radius 2 is 1.96 bits per heavy atom. The summed E-state index contributed by atoms with van der Waals surface area (Å²) in [5, 5.41) is 3.16. The van der Waals surface area contributed by atoms with Gasteiger partial charge in [0.2, 0.25) is 5.91 Å². The van der Waals surface area contributed by atoms with Crippen LogP contribution < -0.4 is 10.1 Å². The van der Waals surface area contributed by atoms with Crippen molar-refractivity contribution in [1.29, 1.82) is 0 Å². The van der Waals surface area contributed by atoms with E-state index in [1.54, 1.807) is 56.3 Å². The fraction of sp³-hybridized carbons (Fsp3) is 0.300. The van der Waals surface area contributed by atoms with Crippen molar-refractivity contribution in [3.63, 3.8) is 0 Å². The number of ether oxygens (including phenoxy) is 1. The highest BCUT2D eigenvalue weighted by atomic mass is 35.5. The first-order valence-electron chi connectivity index (χ1n) is 8.61. The van der Waals surface area contributed by atoms with Gasteiger partial charge in [-0.15, -0.1) is 0 Å². The third-order valence-electron chi connectivity index (χ3n) is 3.98. The first-order chi connectivity index (χ1) is 12.9. The molecule has 0 aliphatic rings. The van der Waals surface area contributed by atoms with Gasteiger partial charge in [0, 0.05) is 23.7 Å². The van der Waals surface area contributed by atoms with Crippen molar-refractivity contribution < 1.29 is 18.7 Å². The van der Waals surface area contributed by atoms with E-state index in [1.807, 2.05) is 0 Å². The molecule has 0 aromatic heterocycles. The average molecular weight is 393 g/mol. The Kier molecular flexibility index (Phi) is 7.61. The largest absolute Gasteiger partial charge is 0.484 e. The monoisotopic (exact) mass is 392 g/mol. The number of nitrogens with zero attached hydrogens (tertiary/aromatic N) is 1. The van der Waals surface area contributed by atoms with Crippen LogP contribution >= 0.6 is 11.6 Å². The van der Waals surface area contributed by atoms with Crippen molar-refractivity contribution in [2.45, 2.75) is 26.4 Å². The summed E-state index contributed by atoms with van der Waals surface area (Å²) in [7, 11) is 0. The van der Waals surface area contributed by atoms with Crippen molar-refractivity contribution in [3.05, 3.63) is 64.9 Å². The van der Waals surface area contributed by atoms with Gasteiger partial charge in [-0.25, -0.2) is 4.39 Å². The molecule has 0 saturated carbocycles. The molecule has 0 unspecified atom stereocenters. The molecule has 2 aromatic carbocycles. The summed E-state index contributed by atoms with van der Waals surface area (Å²) in [6, 6.07) is 12.0. The van der Waals surface area contributed by atoms with Gasteiger partial charge in [0.25, 0.3) is 5.91 Å². The number of halogens is 2. The molecular formula is C20H22ClFN2O3. The molecule has 0 saturated heterocycles. The zero-order valence-corrected chi connectivity index (χ0v) is 16.0. The zero-order valence-electron chi connectivity index (χ0n) is 15.2. The van der Waals surface area contributed by atoms with Crippen LogP contribution in [0.1, 0.15) is 19.4 Å². The number of nitrogens with one attached hydrogen (secondary N) is 1. The van der Waals surface area contributed by atoms with Gasteiger partial charge in [-0.1, -0.05) is 35.9 Å². The second kappa shape index (κ2) is 9.92. The lowest BCUT2D eigenvalue weighted by atomic mass is 10.1. The number of hydrogen-bond acceptors (Lipinski definition) is 3. The van der Waals surface area contributed by atoms with Gasteiger partial charge in [0.15, 0.2) is 6.61 Å². The fourth-order valence-electron chi connectivity index (χ4n) is 2.50. The van der Waals surface area contributed by atoms with Crippen LogP contribution in [-0.2, 0) is 16.1 Å². The minimum Gasteiger partial charge on any atom is -0.484 e. The van der Waals surface area contributed by atoms with E-state index in [0.717, 1.165) is 0 Å². The van der Waals surface area contributed by atoms with Gasteiger partial charge in [-0.05, 0) is 38.1 Å². The SMILES string of the molecule is CCNC(=O)[C@@H](C)N(Cc1ccccc1F)C(=O)COc1cccc(Cl)c1. The van der Waals surface area contributed by atoms with Gasteiger partial charge in [-0.3, -0.25) is 9.59 Å². The van der Waals surface area contributed by atoms with Gasteiger partial charge in [0.1, 0.15) is 17.6 Å². The molecule has 1 N–H and O–H groups in total. The topological polar surface area (TPSA) is 58.6 Å². The summed E-state index contributed by atoms with van der Waals surface area (Å²) in [5.41, 5.74) is 0.324. The lowest BCUT2D eigenvalue weighted by molar-refractivity contribution is -0.142. The third kappa shape index (κ3) is 5.96. The smallest absolute Gasteiger partial charge is 0.261 e. The summed E-state index contributed by atoms with van der Waals surface area (Å²) >= 11 is 5.90. The van der Waals surface area contributed by atoms with E-state index in [9.17, 15) is 14.0 Å². The van der Waals surface area contributed by atoms with Crippen LogP contribution in [0.5, 0.6) is 5.75 Å². The van der Waals surface area contributed by atoms with E-state index in [2.05, 4.69) is 5.32 Å². The van der Waals surface area contributed by atoms with Crippen LogP contribution in [0.15, 0.2) is 48.5 Å². The summed E-state index contributed by atoms with van der Waals surface area (Å²) in [5.74, 6) is -0.747. The molecule has 0 aliphatic heterocycles. The molecule has 2 aromatic rings. The number of carbonyl (C=O) groups is 2. The Morgan fingerprint density at radius 3 is 2.63 bits per heavy atom. The van der Waals surface area contributed by atoms with Crippen LogP contribution in [0.3, 0.4) is 0 Å². The van der Waals surface area contributed by atoms with E-state index in [1.165, 1.54) is 11.0 Å². The minimum atomic E-state index is -0.778. The molecule has 1 atom stereocenters. The number of amides is 2. The molecule has 144 valence electrons. The lowest BCUT2D eigenvalue weighted by Gasteiger charge is -2.28. The molecule has 2 amide bonds. The first kappa shape index (κ1) is 20.7. The highest BCUT2D eigenvalue weighted by Gasteiger charge is 2.26. The molecule has 27 heavy (non-hydrogen) atoms. The Hall–Kier alpha value is -2.60. The van der Waals surface area contributed by atoms with E-state index < -0.39 is 17.8 Å². The van der Waals surface area contributed by atoms with Gasteiger partial charge < -0.3 is 15.0 Å². The minimum absolute atomic E-state index is 0.0390. The van der Waals surface area contributed by atoms with Crippen LogP contribution in [0.2, 0.25) is 5.02 Å². The van der Waals surface area contributed by atoms with E-state index in [0.29, 0.717) is 22.9 Å². The summed E-state index contributed by atoms with van der Waals surface area (Å²) < 4.78 is 19.5. The Bertz CT molecular complexity index is 800. The lowest BCUT2D eigenvalue weighted by Crippen LogP contribution is -2.49. The maximum Gasteiger partial charge on any atom is 0.261 e. The number of benzene rings is 2. The molecule has 5 nitrogen and oxygen atoms in total.